The van der Waals surface area contributed by atoms with E-state index in [2.05, 4.69) is 14.9 Å². The third-order valence-electron chi connectivity index (χ3n) is 4.90. The van der Waals surface area contributed by atoms with E-state index in [1.165, 1.54) is 0 Å². The van der Waals surface area contributed by atoms with E-state index in [0.717, 1.165) is 41.9 Å². The zero-order valence-corrected chi connectivity index (χ0v) is 15.3. The molecule has 1 aromatic carbocycles. The fraction of sp³-hybridized carbons (Fsp3) is 0.286. The molecular weight excluding hydrogens is 340 g/mol. The van der Waals surface area contributed by atoms with Gasteiger partial charge >= 0.3 is 0 Å². The van der Waals surface area contributed by atoms with Crippen LogP contribution in [0.2, 0.25) is 0 Å². The minimum atomic E-state index is -0.428. The number of hydrogen-bond donors (Lipinski definition) is 1. The average Bonchev–Trinajstić information content (AvgIpc) is 3.35. The first-order valence-corrected chi connectivity index (χ1v) is 9.10. The number of ether oxygens (including phenoxy) is 1. The van der Waals surface area contributed by atoms with Crippen LogP contribution in [0.1, 0.15) is 34.3 Å². The molecule has 2 aliphatic heterocycles. The van der Waals surface area contributed by atoms with Gasteiger partial charge in [-0.1, -0.05) is 18.2 Å². The lowest BCUT2D eigenvalue weighted by atomic mass is 10.0. The maximum Gasteiger partial charge on any atom is 0.250 e. The molecule has 4 rings (SSSR count). The van der Waals surface area contributed by atoms with Gasteiger partial charge in [-0.3, -0.25) is 9.79 Å². The van der Waals surface area contributed by atoms with Gasteiger partial charge < -0.3 is 15.4 Å². The molecule has 6 nitrogen and oxygen atoms in total. The maximum absolute atomic E-state index is 12.0. The van der Waals surface area contributed by atoms with Crippen molar-refractivity contribution in [2.75, 3.05) is 18.0 Å². The molecule has 27 heavy (non-hydrogen) atoms. The summed E-state index contributed by atoms with van der Waals surface area (Å²) in [7, 11) is 0. The van der Waals surface area contributed by atoms with Crippen molar-refractivity contribution in [3.8, 4) is 5.88 Å². The van der Waals surface area contributed by atoms with E-state index in [1.54, 1.807) is 12.4 Å². The van der Waals surface area contributed by atoms with E-state index < -0.39 is 5.91 Å². The lowest BCUT2D eigenvalue weighted by Crippen LogP contribution is -2.27. The van der Waals surface area contributed by atoms with Gasteiger partial charge in [-0.05, 0) is 30.2 Å². The summed E-state index contributed by atoms with van der Waals surface area (Å²) in [6.07, 6.45) is 7.26. The standard InChI is InChI=1S/C21H22N4O2/c1-14-4-7-20(24-12-14)27-16-8-10-25(13-16)19-6-5-15(11-17(19)21(22)26)18-3-2-9-23-18/h2,4-7,9,11-12,16H,3,8,10,13H2,1H3,(H2,22,26)/t16-/m1/s1. The second-order valence-electron chi connectivity index (χ2n) is 6.91. The molecule has 0 saturated carbocycles. The number of primary amides is 1. The maximum atomic E-state index is 12.0. The van der Waals surface area contributed by atoms with Crippen LogP contribution in [0.4, 0.5) is 5.69 Å². The van der Waals surface area contributed by atoms with Crippen molar-refractivity contribution in [1.82, 2.24) is 4.98 Å². The van der Waals surface area contributed by atoms with Crippen molar-refractivity contribution in [2.24, 2.45) is 10.7 Å². The Balaban J connectivity index is 1.51. The number of nitrogens with zero attached hydrogens (tertiary/aromatic N) is 3. The summed E-state index contributed by atoms with van der Waals surface area (Å²) in [5, 5.41) is 0. The number of carbonyl (C=O) groups excluding carboxylic acids is 1. The van der Waals surface area contributed by atoms with E-state index >= 15 is 0 Å². The summed E-state index contributed by atoms with van der Waals surface area (Å²) in [5.41, 5.74) is 10.0. The largest absolute Gasteiger partial charge is 0.472 e. The molecule has 1 atom stereocenters. The summed E-state index contributed by atoms with van der Waals surface area (Å²) in [4.78, 5) is 22.8. The SMILES string of the molecule is Cc1ccc(O[C@@H]2CCN(c3ccc(C4=NC=CC4)cc3C(N)=O)C2)nc1. The number of aliphatic imine (C=N–C) groups is 1. The molecule has 2 N–H and O–H groups in total. The number of aromatic nitrogens is 1. The summed E-state index contributed by atoms with van der Waals surface area (Å²) in [6, 6.07) is 9.68. The number of pyridine rings is 1. The number of anilines is 1. The van der Waals surface area contributed by atoms with Crippen molar-refractivity contribution in [1.29, 1.82) is 0 Å². The van der Waals surface area contributed by atoms with E-state index in [1.807, 2.05) is 43.3 Å². The molecular formula is C21H22N4O2. The molecule has 0 unspecified atom stereocenters. The fourth-order valence-corrected chi connectivity index (χ4v) is 3.48. The zero-order valence-electron chi connectivity index (χ0n) is 15.3. The van der Waals surface area contributed by atoms with Crippen LogP contribution >= 0.6 is 0 Å². The number of nitrogens with two attached hydrogens (primary N) is 1. The van der Waals surface area contributed by atoms with Gasteiger partial charge in [0.05, 0.1) is 17.8 Å². The Bertz CT molecular complexity index is 918. The molecule has 1 amide bonds. The van der Waals surface area contributed by atoms with Crippen molar-refractivity contribution >= 4 is 17.3 Å². The van der Waals surface area contributed by atoms with Gasteiger partial charge in [0.25, 0.3) is 5.91 Å². The molecule has 6 heteroatoms. The number of carbonyl (C=O) groups is 1. The minimum absolute atomic E-state index is 0.0315. The number of amides is 1. The number of benzene rings is 1. The first kappa shape index (κ1) is 17.3. The highest BCUT2D eigenvalue weighted by molar-refractivity contribution is 6.07. The molecule has 0 bridgehead atoms. The van der Waals surface area contributed by atoms with Gasteiger partial charge in [-0.2, -0.15) is 0 Å². The average molecular weight is 362 g/mol. The number of hydrogen-bond acceptors (Lipinski definition) is 5. The van der Waals surface area contributed by atoms with Gasteiger partial charge in [0.15, 0.2) is 0 Å². The van der Waals surface area contributed by atoms with Gasteiger partial charge in [0.2, 0.25) is 5.88 Å². The monoisotopic (exact) mass is 362 g/mol. The second kappa shape index (κ2) is 7.23. The molecule has 3 heterocycles. The van der Waals surface area contributed by atoms with Crippen LogP contribution in [0.5, 0.6) is 5.88 Å². The Morgan fingerprint density at radius 2 is 2.19 bits per heavy atom. The predicted octanol–water partition coefficient (Wildman–Crippen LogP) is 2.85. The highest BCUT2D eigenvalue weighted by atomic mass is 16.5. The van der Waals surface area contributed by atoms with Crippen LogP contribution in [0.15, 0.2) is 53.8 Å². The highest BCUT2D eigenvalue weighted by Crippen LogP contribution is 2.28. The quantitative estimate of drug-likeness (QED) is 0.887. The van der Waals surface area contributed by atoms with Gasteiger partial charge in [-0.15, -0.1) is 0 Å². The Kier molecular flexibility index (Phi) is 4.62. The fourth-order valence-electron chi connectivity index (χ4n) is 3.48. The lowest BCUT2D eigenvalue weighted by Gasteiger charge is -2.22. The molecule has 1 aromatic heterocycles. The molecule has 1 saturated heterocycles. The van der Waals surface area contributed by atoms with Crippen molar-refractivity contribution in [2.45, 2.75) is 25.9 Å². The first-order valence-electron chi connectivity index (χ1n) is 9.10. The lowest BCUT2D eigenvalue weighted by molar-refractivity contribution is 0.100. The molecule has 0 radical (unpaired) electrons. The molecule has 0 aliphatic carbocycles. The van der Waals surface area contributed by atoms with Crippen LogP contribution in [0.3, 0.4) is 0 Å². The summed E-state index contributed by atoms with van der Waals surface area (Å²) in [5.74, 6) is 0.202. The first-order chi connectivity index (χ1) is 13.1. The van der Waals surface area contributed by atoms with Crippen LogP contribution in [0, 0.1) is 6.92 Å². The third-order valence-corrected chi connectivity index (χ3v) is 4.90. The minimum Gasteiger partial charge on any atom is -0.472 e. The van der Waals surface area contributed by atoms with Crippen LogP contribution in [-0.2, 0) is 0 Å². The van der Waals surface area contributed by atoms with Gasteiger partial charge in [0, 0.05) is 43.5 Å². The van der Waals surface area contributed by atoms with Crippen molar-refractivity contribution < 1.29 is 9.53 Å². The van der Waals surface area contributed by atoms with Crippen LogP contribution in [-0.4, -0.2) is 35.8 Å². The van der Waals surface area contributed by atoms with Crippen molar-refractivity contribution in [3.05, 3.63) is 65.5 Å². The molecule has 1 fully saturated rings. The van der Waals surface area contributed by atoms with E-state index in [4.69, 9.17) is 10.5 Å². The van der Waals surface area contributed by atoms with E-state index in [0.29, 0.717) is 18.0 Å². The highest BCUT2D eigenvalue weighted by Gasteiger charge is 2.27. The van der Waals surface area contributed by atoms with E-state index in [9.17, 15) is 4.79 Å². The van der Waals surface area contributed by atoms with Gasteiger partial charge in [-0.25, -0.2) is 4.98 Å². The van der Waals surface area contributed by atoms with Crippen molar-refractivity contribution in [3.63, 3.8) is 0 Å². The van der Waals surface area contributed by atoms with Crippen LogP contribution < -0.4 is 15.4 Å². The van der Waals surface area contributed by atoms with Gasteiger partial charge in [0.1, 0.15) is 6.10 Å². The molecule has 138 valence electrons. The Labute approximate surface area is 158 Å². The smallest absolute Gasteiger partial charge is 0.250 e. The predicted molar refractivity (Wildman–Crippen MR) is 105 cm³/mol. The molecule has 0 spiro atoms. The Morgan fingerprint density at radius 3 is 2.89 bits per heavy atom. The topological polar surface area (TPSA) is 80.8 Å². The normalized spacial score (nSPS) is 18.6. The summed E-state index contributed by atoms with van der Waals surface area (Å²) >= 11 is 0. The zero-order chi connectivity index (χ0) is 18.8. The summed E-state index contributed by atoms with van der Waals surface area (Å²) < 4.78 is 5.99. The number of rotatable bonds is 5. The third kappa shape index (κ3) is 3.69. The summed E-state index contributed by atoms with van der Waals surface area (Å²) in [6.45, 7) is 3.49. The molecule has 2 aromatic rings. The second-order valence-corrected chi connectivity index (χ2v) is 6.91. The Hall–Kier alpha value is -3.15. The molecule has 2 aliphatic rings. The number of allylic oxidation sites excluding steroid dienone is 1. The number of aryl methyl sites for hydroxylation is 1. The van der Waals surface area contributed by atoms with E-state index in [-0.39, 0.29) is 6.10 Å². The van der Waals surface area contributed by atoms with Crippen LogP contribution in [0.25, 0.3) is 0 Å². The Morgan fingerprint density at radius 1 is 1.30 bits per heavy atom.